The number of carbonyl (C=O) groups is 1. The van der Waals surface area contributed by atoms with Crippen LogP contribution < -0.4 is 4.74 Å². The minimum Gasteiger partial charge on any atom is -0.491 e. The maximum absolute atomic E-state index is 11.2. The topological polar surface area (TPSA) is 46.5 Å². The molecule has 1 N–H and O–H groups in total. The normalized spacial score (nSPS) is 18.0. The third-order valence-electron chi connectivity index (χ3n) is 3.28. The van der Waals surface area contributed by atoms with Gasteiger partial charge < -0.3 is 9.84 Å². The van der Waals surface area contributed by atoms with Gasteiger partial charge in [-0.2, -0.15) is 0 Å². The molecule has 0 aliphatic heterocycles. The van der Waals surface area contributed by atoms with Gasteiger partial charge in [0.1, 0.15) is 12.4 Å². The van der Waals surface area contributed by atoms with Crippen LogP contribution in [0.4, 0.5) is 0 Å². The first-order valence-electron chi connectivity index (χ1n) is 6.05. The molecule has 1 aromatic carbocycles. The van der Waals surface area contributed by atoms with Crippen molar-refractivity contribution in [1.29, 1.82) is 0 Å². The number of Topliss-reactive ketones (excluding diaryl/α,β-unsaturated/α-hetero) is 1. The zero-order valence-corrected chi connectivity index (χ0v) is 10.1. The summed E-state index contributed by atoms with van der Waals surface area (Å²) in [5, 5.41) is 10.1. The lowest BCUT2D eigenvalue weighted by Gasteiger charge is -2.22. The molecule has 1 fully saturated rings. The van der Waals surface area contributed by atoms with Crippen LogP contribution in [0.1, 0.15) is 43.0 Å². The van der Waals surface area contributed by atoms with Crippen molar-refractivity contribution in [2.75, 3.05) is 6.61 Å². The van der Waals surface area contributed by atoms with E-state index in [4.69, 9.17) is 4.74 Å². The van der Waals surface area contributed by atoms with Gasteiger partial charge in [0, 0.05) is 5.56 Å². The highest BCUT2D eigenvalue weighted by Gasteiger charge is 2.31. The Morgan fingerprint density at radius 3 is 2.76 bits per heavy atom. The van der Waals surface area contributed by atoms with Gasteiger partial charge in [-0.25, -0.2) is 0 Å². The first kappa shape index (κ1) is 12.1. The summed E-state index contributed by atoms with van der Waals surface area (Å²) in [7, 11) is 0. The lowest BCUT2D eigenvalue weighted by atomic mass is 10.0. The molecule has 17 heavy (non-hydrogen) atoms. The van der Waals surface area contributed by atoms with Crippen LogP contribution in [0.5, 0.6) is 5.75 Å². The zero-order chi connectivity index (χ0) is 12.3. The van der Waals surface area contributed by atoms with Gasteiger partial charge in [-0.1, -0.05) is 25.0 Å². The molecule has 2 rings (SSSR count). The van der Waals surface area contributed by atoms with E-state index < -0.39 is 5.60 Å². The van der Waals surface area contributed by atoms with Gasteiger partial charge in [0.05, 0.1) is 5.60 Å². The van der Waals surface area contributed by atoms with Gasteiger partial charge in [-0.15, -0.1) is 0 Å². The van der Waals surface area contributed by atoms with E-state index in [9.17, 15) is 9.90 Å². The van der Waals surface area contributed by atoms with E-state index in [0.29, 0.717) is 17.9 Å². The van der Waals surface area contributed by atoms with E-state index in [1.807, 2.05) is 6.07 Å². The molecule has 3 nitrogen and oxygen atoms in total. The monoisotopic (exact) mass is 234 g/mol. The van der Waals surface area contributed by atoms with Crippen LogP contribution >= 0.6 is 0 Å². The standard InChI is InChI=1S/C14H18O3/c1-11(15)12-5-4-6-13(9-12)17-10-14(16)7-2-3-8-14/h4-6,9,16H,2-3,7-8,10H2,1H3. The summed E-state index contributed by atoms with van der Waals surface area (Å²) in [4.78, 5) is 11.2. The van der Waals surface area contributed by atoms with Gasteiger partial charge in [0.2, 0.25) is 0 Å². The van der Waals surface area contributed by atoms with Crippen LogP contribution in [-0.2, 0) is 0 Å². The molecule has 0 spiro atoms. The van der Waals surface area contributed by atoms with Crippen molar-refractivity contribution in [2.45, 2.75) is 38.2 Å². The number of carbonyl (C=O) groups excluding carboxylic acids is 1. The summed E-state index contributed by atoms with van der Waals surface area (Å²) >= 11 is 0. The Balaban J connectivity index is 1.99. The van der Waals surface area contributed by atoms with E-state index in [-0.39, 0.29) is 5.78 Å². The Bertz CT molecular complexity index is 406. The van der Waals surface area contributed by atoms with Crippen LogP contribution in [0.25, 0.3) is 0 Å². The molecule has 1 aliphatic rings. The van der Waals surface area contributed by atoms with Crippen molar-refractivity contribution in [2.24, 2.45) is 0 Å². The highest BCUT2D eigenvalue weighted by atomic mass is 16.5. The number of aliphatic hydroxyl groups is 1. The highest BCUT2D eigenvalue weighted by Crippen LogP contribution is 2.30. The Labute approximate surface area is 101 Å². The fourth-order valence-corrected chi connectivity index (χ4v) is 2.20. The molecular weight excluding hydrogens is 216 g/mol. The van der Waals surface area contributed by atoms with Gasteiger partial charge >= 0.3 is 0 Å². The molecule has 0 bridgehead atoms. The van der Waals surface area contributed by atoms with Crippen molar-refractivity contribution in [1.82, 2.24) is 0 Å². The summed E-state index contributed by atoms with van der Waals surface area (Å²) in [6.07, 6.45) is 3.74. The van der Waals surface area contributed by atoms with Gasteiger partial charge in [0.25, 0.3) is 0 Å². The van der Waals surface area contributed by atoms with Gasteiger partial charge in [-0.3, -0.25) is 4.79 Å². The summed E-state index contributed by atoms with van der Waals surface area (Å²) in [5.74, 6) is 0.674. The number of benzene rings is 1. The number of hydrogen-bond donors (Lipinski definition) is 1. The summed E-state index contributed by atoms with van der Waals surface area (Å²) in [6, 6.07) is 7.09. The Kier molecular flexibility index (Phi) is 3.48. The zero-order valence-electron chi connectivity index (χ0n) is 10.1. The minimum absolute atomic E-state index is 0.0232. The van der Waals surface area contributed by atoms with Crippen LogP contribution in [-0.4, -0.2) is 23.1 Å². The maximum atomic E-state index is 11.2. The molecule has 92 valence electrons. The van der Waals surface area contributed by atoms with Crippen molar-refractivity contribution >= 4 is 5.78 Å². The van der Waals surface area contributed by atoms with E-state index in [0.717, 1.165) is 25.7 Å². The molecule has 1 aromatic rings. The average Bonchev–Trinajstić information content (AvgIpc) is 2.75. The quantitative estimate of drug-likeness (QED) is 0.814. The fourth-order valence-electron chi connectivity index (χ4n) is 2.20. The molecule has 0 radical (unpaired) electrons. The van der Waals surface area contributed by atoms with Crippen LogP contribution in [0.15, 0.2) is 24.3 Å². The largest absolute Gasteiger partial charge is 0.491 e. The number of hydrogen-bond acceptors (Lipinski definition) is 3. The minimum atomic E-state index is -0.674. The lowest BCUT2D eigenvalue weighted by molar-refractivity contribution is 0.00140. The van der Waals surface area contributed by atoms with Crippen LogP contribution in [0.3, 0.4) is 0 Å². The van der Waals surface area contributed by atoms with E-state index in [1.165, 1.54) is 6.92 Å². The van der Waals surface area contributed by atoms with Gasteiger partial charge in [0.15, 0.2) is 5.78 Å². The molecule has 1 aliphatic carbocycles. The van der Waals surface area contributed by atoms with E-state index in [1.54, 1.807) is 18.2 Å². The molecule has 0 aromatic heterocycles. The SMILES string of the molecule is CC(=O)c1cccc(OCC2(O)CCCC2)c1. The van der Waals surface area contributed by atoms with E-state index in [2.05, 4.69) is 0 Å². The van der Waals surface area contributed by atoms with Gasteiger partial charge in [-0.05, 0) is 31.9 Å². The predicted molar refractivity (Wildman–Crippen MR) is 65.4 cm³/mol. The molecule has 0 unspecified atom stereocenters. The van der Waals surface area contributed by atoms with Crippen LogP contribution in [0, 0.1) is 0 Å². The van der Waals surface area contributed by atoms with Crippen molar-refractivity contribution in [3.8, 4) is 5.75 Å². The third-order valence-corrected chi connectivity index (χ3v) is 3.28. The highest BCUT2D eigenvalue weighted by molar-refractivity contribution is 5.94. The first-order chi connectivity index (χ1) is 8.09. The molecule has 3 heteroatoms. The molecule has 0 heterocycles. The Morgan fingerprint density at radius 2 is 2.12 bits per heavy atom. The second-order valence-corrected chi connectivity index (χ2v) is 4.80. The van der Waals surface area contributed by atoms with Crippen molar-refractivity contribution in [3.05, 3.63) is 29.8 Å². The fraction of sp³-hybridized carbons (Fsp3) is 0.500. The number of rotatable bonds is 4. The first-order valence-corrected chi connectivity index (χ1v) is 6.05. The predicted octanol–water partition coefficient (Wildman–Crippen LogP) is 2.57. The Hall–Kier alpha value is -1.35. The second kappa shape index (κ2) is 4.88. The molecule has 0 amide bonds. The molecule has 0 atom stereocenters. The molecule has 1 saturated carbocycles. The second-order valence-electron chi connectivity index (χ2n) is 4.80. The van der Waals surface area contributed by atoms with Crippen LogP contribution in [0.2, 0.25) is 0 Å². The third kappa shape index (κ3) is 3.07. The summed E-state index contributed by atoms with van der Waals surface area (Å²) in [5.41, 5.74) is -0.0346. The molecule has 0 saturated heterocycles. The number of ketones is 1. The smallest absolute Gasteiger partial charge is 0.159 e. The maximum Gasteiger partial charge on any atom is 0.159 e. The lowest BCUT2D eigenvalue weighted by Crippen LogP contribution is -2.32. The molecular formula is C14H18O3. The summed E-state index contributed by atoms with van der Waals surface area (Å²) in [6.45, 7) is 1.85. The van der Waals surface area contributed by atoms with E-state index >= 15 is 0 Å². The van der Waals surface area contributed by atoms with Crippen molar-refractivity contribution < 1.29 is 14.6 Å². The summed E-state index contributed by atoms with van der Waals surface area (Å²) < 4.78 is 5.58. The Morgan fingerprint density at radius 1 is 1.41 bits per heavy atom. The number of ether oxygens (including phenoxy) is 1. The van der Waals surface area contributed by atoms with Crippen molar-refractivity contribution in [3.63, 3.8) is 0 Å². The average molecular weight is 234 g/mol.